The van der Waals surface area contributed by atoms with Gasteiger partial charge in [0.1, 0.15) is 11.3 Å². The van der Waals surface area contributed by atoms with Gasteiger partial charge in [0, 0.05) is 36.2 Å². The Morgan fingerprint density at radius 3 is 2.68 bits per heavy atom. The van der Waals surface area contributed by atoms with Crippen LogP contribution < -0.4 is 15.7 Å². The molecule has 0 aliphatic heterocycles. The number of nitrogens with zero attached hydrogens (tertiary/aromatic N) is 2. The van der Waals surface area contributed by atoms with Gasteiger partial charge in [0.25, 0.3) is 0 Å². The predicted molar refractivity (Wildman–Crippen MR) is 132 cm³/mol. The molecule has 0 fully saturated rings. The number of benzene rings is 2. The molecule has 176 valence electrons. The monoisotopic (exact) mass is 459 g/mol. The molecule has 0 saturated carbocycles. The van der Waals surface area contributed by atoms with E-state index in [2.05, 4.69) is 10.4 Å². The van der Waals surface area contributed by atoms with Crippen LogP contribution in [0.5, 0.6) is 5.75 Å². The fourth-order valence-electron chi connectivity index (χ4n) is 4.08. The molecule has 0 unspecified atom stereocenters. The van der Waals surface area contributed by atoms with Gasteiger partial charge in [0.15, 0.2) is 0 Å². The Morgan fingerprint density at radius 2 is 1.91 bits per heavy atom. The molecule has 2 heterocycles. The number of hydrogen-bond acceptors (Lipinski definition) is 5. The highest BCUT2D eigenvalue weighted by atomic mass is 16.5. The van der Waals surface area contributed by atoms with Crippen LogP contribution in [-0.4, -0.2) is 29.3 Å². The average Bonchev–Trinajstić information content (AvgIpc) is 3.22. The molecular formula is C27H29N3O4. The zero-order valence-corrected chi connectivity index (χ0v) is 19.8. The molecule has 0 aliphatic carbocycles. The molecule has 2 aromatic carbocycles. The summed E-state index contributed by atoms with van der Waals surface area (Å²) in [5, 5.41) is 8.40. The molecular weight excluding hydrogens is 430 g/mol. The zero-order chi connectivity index (χ0) is 24.1. The molecule has 0 atom stereocenters. The number of carbonyl (C=O) groups excluding carboxylic acids is 1. The molecule has 7 nitrogen and oxygen atoms in total. The van der Waals surface area contributed by atoms with Gasteiger partial charge in [-0.25, -0.2) is 9.48 Å². The van der Waals surface area contributed by atoms with E-state index in [1.54, 1.807) is 13.2 Å². The normalized spacial score (nSPS) is 11.0. The van der Waals surface area contributed by atoms with E-state index in [0.717, 1.165) is 35.2 Å². The summed E-state index contributed by atoms with van der Waals surface area (Å²) in [7, 11) is 1.57. The minimum atomic E-state index is -0.406. The van der Waals surface area contributed by atoms with Crippen LogP contribution in [0, 0.1) is 13.8 Å². The summed E-state index contributed by atoms with van der Waals surface area (Å²) in [6, 6.07) is 15.4. The van der Waals surface area contributed by atoms with Crippen LogP contribution in [0.4, 0.5) is 0 Å². The van der Waals surface area contributed by atoms with Gasteiger partial charge in [0.2, 0.25) is 5.91 Å². The lowest BCUT2D eigenvalue weighted by Gasteiger charge is -2.09. The van der Waals surface area contributed by atoms with Crippen molar-refractivity contribution in [2.75, 3.05) is 13.7 Å². The van der Waals surface area contributed by atoms with Gasteiger partial charge in [-0.05, 0) is 68.5 Å². The third-order valence-corrected chi connectivity index (χ3v) is 6.06. The number of ether oxygens (including phenoxy) is 1. The summed E-state index contributed by atoms with van der Waals surface area (Å²) < 4.78 is 12.5. The van der Waals surface area contributed by atoms with Gasteiger partial charge in [0.05, 0.1) is 18.5 Å². The number of methoxy groups -OCH3 is 1. The zero-order valence-electron chi connectivity index (χ0n) is 19.8. The minimum Gasteiger partial charge on any atom is -0.497 e. The van der Waals surface area contributed by atoms with Gasteiger partial charge in [-0.3, -0.25) is 4.79 Å². The standard InChI is InChI=1S/C27H29N3O4/c1-18-23-12-11-22(33-3)16-25(23)34-27(32)24(18)13-14-26(31)28-15-7-8-20-17-30(29-19(20)2)21-9-5-4-6-10-21/h4-6,9-12,16-17H,7-8,13-15H2,1-3H3,(H,28,31). The lowest BCUT2D eigenvalue weighted by atomic mass is 10.0. The first-order valence-electron chi connectivity index (χ1n) is 11.4. The third-order valence-electron chi connectivity index (χ3n) is 6.06. The Hall–Kier alpha value is -3.87. The van der Waals surface area contributed by atoms with E-state index in [0.29, 0.717) is 29.9 Å². The smallest absolute Gasteiger partial charge is 0.339 e. The first kappa shape index (κ1) is 23.3. The van der Waals surface area contributed by atoms with Crippen LogP contribution >= 0.6 is 0 Å². The number of fused-ring (bicyclic) bond motifs is 1. The summed E-state index contributed by atoms with van der Waals surface area (Å²) in [5.41, 5.74) is 4.64. The number of para-hydroxylation sites is 1. The van der Waals surface area contributed by atoms with Crippen molar-refractivity contribution in [1.82, 2.24) is 15.1 Å². The molecule has 0 radical (unpaired) electrons. The van der Waals surface area contributed by atoms with Crippen molar-refractivity contribution >= 4 is 16.9 Å². The Balaban J connectivity index is 1.29. The van der Waals surface area contributed by atoms with Crippen LogP contribution in [-0.2, 0) is 17.6 Å². The molecule has 2 aromatic heterocycles. The molecule has 4 aromatic rings. The molecule has 1 N–H and O–H groups in total. The molecule has 1 amide bonds. The Labute approximate surface area is 198 Å². The first-order valence-corrected chi connectivity index (χ1v) is 11.4. The van der Waals surface area contributed by atoms with Gasteiger partial charge in [-0.2, -0.15) is 5.10 Å². The molecule has 0 saturated heterocycles. The van der Waals surface area contributed by atoms with Gasteiger partial charge >= 0.3 is 5.63 Å². The summed E-state index contributed by atoms with van der Waals surface area (Å²) in [5.74, 6) is 0.551. The fraction of sp³-hybridized carbons (Fsp3) is 0.296. The molecule has 0 spiro atoms. The Bertz CT molecular complexity index is 1360. The second-order valence-electron chi connectivity index (χ2n) is 8.33. The maximum atomic E-state index is 12.5. The van der Waals surface area contributed by atoms with Crippen LogP contribution in [0.25, 0.3) is 16.7 Å². The number of aryl methyl sites for hydroxylation is 3. The van der Waals surface area contributed by atoms with E-state index < -0.39 is 5.63 Å². The van der Waals surface area contributed by atoms with Crippen molar-refractivity contribution in [3.63, 3.8) is 0 Å². The fourth-order valence-corrected chi connectivity index (χ4v) is 4.08. The lowest BCUT2D eigenvalue weighted by Crippen LogP contribution is -2.26. The van der Waals surface area contributed by atoms with Gasteiger partial charge in [-0.15, -0.1) is 0 Å². The highest BCUT2D eigenvalue weighted by molar-refractivity contribution is 5.82. The lowest BCUT2D eigenvalue weighted by molar-refractivity contribution is -0.121. The maximum Gasteiger partial charge on any atom is 0.339 e. The second-order valence-corrected chi connectivity index (χ2v) is 8.33. The van der Waals surface area contributed by atoms with Crippen molar-refractivity contribution in [3.8, 4) is 11.4 Å². The van der Waals surface area contributed by atoms with E-state index in [-0.39, 0.29) is 12.3 Å². The van der Waals surface area contributed by atoms with Crippen molar-refractivity contribution in [2.45, 2.75) is 39.5 Å². The van der Waals surface area contributed by atoms with Crippen LogP contribution in [0.3, 0.4) is 0 Å². The number of aromatic nitrogens is 2. The predicted octanol–water partition coefficient (Wildman–Crippen LogP) is 4.29. The summed E-state index contributed by atoms with van der Waals surface area (Å²) in [6.45, 7) is 4.46. The van der Waals surface area contributed by atoms with E-state index in [1.165, 1.54) is 5.56 Å². The van der Waals surface area contributed by atoms with Crippen molar-refractivity contribution in [3.05, 3.63) is 87.5 Å². The highest BCUT2D eigenvalue weighted by Gasteiger charge is 2.14. The molecule has 7 heteroatoms. The number of rotatable bonds is 9. The van der Waals surface area contributed by atoms with Crippen LogP contribution in [0.1, 0.15) is 35.2 Å². The molecule has 34 heavy (non-hydrogen) atoms. The van der Waals surface area contributed by atoms with Crippen molar-refractivity contribution in [1.29, 1.82) is 0 Å². The summed E-state index contributed by atoms with van der Waals surface area (Å²) >= 11 is 0. The highest BCUT2D eigenvalue weighted by Crippen LogP contribution is 2.24. The topological polar surface area (TPSA) is 86.4 Å². The number of amides is 1. The van der Waals surface area contributed by atoms with E-state index >= 15 is 0 Å². The second kappa shape index (κ2) is 10.4. The minimum absolute atomic E-state index is 0.0784. The number of hydrogen-bond donors (Lipinski definition) is 1. The van der Waals surface area contributed by atoms with Gasteiger partial charge < -0.3 is 14.5 Å². The van der Waals surface area contributed by atoms with E-state index in [1.807, 2.05) is 67.2 Å². The van der Waals surface area contributed by atoms with E-state index in [4.69, 9.17) is 9.15 Å². The number of carbonyl (C=O) groups is 1. The SMILES string of the molecule is COc1ccc2c(C)c(CCC(=O)NCCCc3cn(-c4ccccc4)nc3C)c(=O)oc2c1. The van der Waals surface area contributed by atoms with Crippen LogP contribution in [0.15, 0.2) is 63.9 Å². The van der Waals surface area contributed by atoms with E-state index in [9.17, 15) is 9.59 Å². The van der Waals surface area contributed by atoms with Crippen molar-refractivity contribution in [2.24, 2.45) is 0 Å². The quantitative estimate of drug-likeness (QED) is 0.298. The summed E-state index contributed by atoms with van der Waals surface area (Å²) in [4.78, 5) is 24.8. The largest absolute Gasteiger partial charge is 0.497 e. The maximum absolute atomic E-state index is 12.5. The molecule has 0 bridgehead atoms. The van der Waals surface area contributed by atoms with Crippen LogP contribution in [0.2, 0.25) is 0 Å². The summed E-state index contributed by atoms with van der Waals surface area (Å²) in [6.07, 6.45) is 4.26. The molecule has 4 rings (SSSR count). The first-order chi connectivity index (χ1) is 16.5. The number of nitrogens with one attached hydrogen (secondary N) is 1. The molecule has 0 aliphatic rings. The van der Waals surface area contributed by atoms with Crippen molar-refractivity contribution < 1.29 is 13.9 Å². The third kappa shape index (κ3) is 5.20. The Morgan fingerprint density at radius 1 is 1.12 bits per heavy atom. The Kier molecular flexibility index (Phi) is 7.11. The van der Waals surface area contributed by atoms with Gasteiger partial charge in [-0.1, -0.05) is 18.2 Å². The average molecular weight is 460 g/mol.